The monoisotopic (exact) mass is 1060 g/mol. The smallest absolute Gasteiger partial charge is 0.247 e. The summed E-state index contributed by atoms with van der Waals surface area (Å²) in [7, 11) is 0. The van der Waals surface area contributed by atoms with Crippen molar-refractivity contribution < 1.29 is 8.83 Å². The van der Waals surface area contributed by atoms with Crippen LogP contribution in [-0.2, 0) is 0 Å². The summed E-state index contributed by atoms with van der Waals surface area (Å²) in [6.45, 7) is 25.7. The van der Waals surface area contributed by atoms with E-state index in [2.05, 4.69) is 251 Å². The highest BCUT2D eigenvalue weighted by Crippen LogP contribution is 2.43. The van der Waals surface area contributed by atoms with Gasteiger partial charge in [-0.25, -0.2) is 0 Å². The van der Waals surface area contributed by atoms with E-state index in [0.717, 1.165) is 66.1 Å². The lowest BCUT2D eigenvalue weighted by Crippen LogP contribution is -2.66. The Labute approximate surface area is 482 Å². The zero-order valence-corrected chi connectivity index (χ0v) is 48.7. The maximum Gasteiger partial charge on any atom is 0.247 e. The highest BCUT2D eigenvalue weighted by Gasteiger charge is 2.46. The molecule has 0 bridgehead atoms. The number of hydrogen-bond donors (Lipinski definition) is 0. The van der Waals surface area contributed by atoms with Gasteiger partial charge in [0.2, 0.25) is 13.4 Å². The van der Waals surface area contributed by atoms with Gasteiger partial charge in [0.05, 0.1) is 0 Å². The molecule has 2 aromatic heterocycles. The average Bonchev–Trinajstić information content (AvgIpc) is 4.23. The number of hydrogen-bond acceptors (Lipinski definition) is 3. The third-order valence-corrected chi connectivity index (χ3v) is 19.9. The molecule has 0 aliphatic carbocycles. The first-order valence-electron chi connectivity index (χ1n) is 29.1. The van der Waals surface area contributed by atoms with Crippen LogP contribution in [0.1, 0.15) is 61.2 Å². The topological polar surface area (TPSA) is 29.5 Å². The molecule has 394 valence electrons. The van der Waals surface area contributed by atoms with Crippen LogP contribution in [0.5, 0.6) is 0 Å². The van der Waals surface area contributed by atoms with E-state index in [1.165, 1.54) is 133 Å². The zero-order chi connectivity index (χ0) is 56.1. The van der Waals surface area contributed by atoms with Crippen molar-refractivity contribution in [2.24, 2.45) is 0 Å². The first kappa shape index (κ1) is 50.0. The van der Waals surface area contributed by atoms with Crippen molar-refractivity contribution in [3.05, 3.63) is 243 Å². The van der Waals surface area contributed by atoms with Crippen molar-refractivity contribution in [3.63, 3.8) is 0 Å². The molecular formula is C77H63B2NO2. The van der Waals surface area contributed by atoms with Crippen molar-refractivity contribution in [1.82, 2.24) is 0 Å². The van der Waals surface area contributed by atoms with E-state index in [0.29, 0.717) is 0 Å². The van der Waals surface area contributed by atoms with Crippen LogP contribution in [0.2, 0.25) is 0 Å². The number of rotatable bonds is 6. The highest BCUT2D eigenvalue weighted by atomic mass is 16.3. The van der Waals surface area contributed by atoms with Crippen molar-refractivity contribution in [2.75, 3.05) is 4.90 Å². The third-order valence-electron chi connectivity index (χ3n) is 19.9. The van der Waals surface area contributed by atoms with Gasteiger partial charge in [0.25, 0.3) is 0 Å². The lowest BCUT2D eigenvalue weighted by Gasteiger charge is -2.45. The Morgan fingerprint density at radius 2 is 0.634 bits per heavy atom. The molecule has 0 saturated carbocycles. The fourth-order valence-electron chi connectivity index (χ4n) is 14.8. The summed E-state index contributed by atoms with van der Waals surface area (Å²) in [6, 6.07) is 67.7. The third kappa shape index (κ3) is 7.24. The second kappa shape index (κ2) is 18.5. The van der Waals surface area contributed by atoms with E-state index in [4.69, 9.17) is 8.83 Å². The molecule has 0 atom stereocenters. The standard InChI is InChI=1S/C77H63B2NO2/c1-42-38-67-75-68(39-42)79(74-51(10)47(6)44(3)48(7)52(74)11)66-41-58(54-28-32-56(33-29-54)60-21-17-23-64-62-19-13-15-25-72(62)82-77(60)64)35-37-70(66)80(75)69-36-34-57(40-65(69)78(67)73-49(8)45(4)43(2)46(5)50(73)9)53-26-30-55(31-27-53)59-20-16-22-63-61-18-12-14-24-71(61)81-76(59)63/h12-41H,1-11H3. The number of para-hydroxylation sites is 4. The van der Waals surface area contributed by atoms with Gasteiger partial charge in [-0.2, -0.15) is 0 Å². The Hall–Kier alpha value is -9.05. The molecule has 13 aromatic rings. The normalized spacial score (nSPS) is 12.7. The number of fused-ring (bicyclic) bond motifs is 10. The van der Waals surface area contributed by atoms with Gasteiger partial charge in [-0.1, -0.05) is 196 Å². The first-order chi connectivity index (χ1) is 39.7. The average molecular weight is 1060 g/mol. The fourth-order valence-corrected chi connectivity index (χ4v) is 14.8. The largest absolute Gasteiger partial charge is 0.455 e. The van der Waals surface area contributed by atoms with Crippen LogP contribution < -0.4 is 37.7 Å². The van der Waals surface area contributed by atoms with E-state index in [1.54, 1.807) is 0 Å². The minimum absolute atomic E-state index is 0.0168. The van der Waals surface area contributed by atoms with Gasteiger partial charge in [-0.15, -0.1) is 0 Å². The minimum atomic E-state index is -0.0168. The molecule has 0 radical (unpaired) electrons. The van der Waals surface area contributed by atoms with E-state index in [1.807, 2.05) is 12.1 Å². The zero-order valence-electron chi connectivity index (χ0n) is 48.7. The van der Waals surface area contributed by atoms with E-state index < -0.39 is 0 Å². The van der Waals surface area contributed by atoms with Gasteiger partial charge >= 0.3 is 0 Å². The van der Waals surface area contributed by atoms with Crippen LogP contribution in [0.15, 0.2) is 191 Å². The molecule has 0 fully saturated rings. The molecule has 11 aromatic carbocycles. The van der Waals surface area contributed by atoms with E-state index in [9.17, 15) is 0 Å². The van der Waals surface area contributed by atoms with Gasteiger partial charge in [-0.3, -0.25) is 0 Å². The molecule has 3 nitrogen and oxygen atoms in total. The van der Waals surface area contributed by atoms with Crippen LogP contribution in [-0.4, -0.2) is 13.4 Å². The quantitative estimate of drug-likeness (QED) is 0.155. The molecule has 2 aliphatic rings. The molecule has 0 saturated heterocycles. The minimum Gasteiger partial charge on any atom is -0.455 e. The molecule has 0 amide bonds. The summed E-state index contributed by atoms with van der Waals surface area (Å²) >= 11 is 0. The summed E-state index contributed by atoms with van der Waals surface area (Å²) in [4.78, 5) is 2.65. The van der Waals surface area contributed by atoms with Crippen molar-refractivity contribution >= 4 is 107 Å². The summed E-state index contributed by atoms with van der Waals surface area (Å²) < 4.78 is 13.1. The summed E-state index contributed by atoms with van der Waals surface area (Å²) in [6.07, 6.45) is 0. The Morgan fingerprint density at radius 3 is 1.04 bits per heavy atom. The second-order valence-electron chi connectivity index (χ2n) is 23.8. The van der Waals surface area contributed by atoms with Crippen LogP contribution >= 0.6 is 0 Å². The molecule has 5 heteroatoms. The van der Waals surface area contributed by atoms with Crippen molar-refractivity contribution in [1.29, 1.82) is 0 Å². The first-order valence-corrected chi connectivity index (χ1v) is 29.1. The number of aryl methyl sites for hydroxylation is 1. The predicted molar refractivity (Wildman–Crippen MR) is 352 cm³/mol. The molecule has 82 heavy (non-hydrogen) atoms. The maximum atomic E-state index is 6.53. The summed E-state index contributed by atoms with van der Waals surface area (Å²) in [5, 5.41) is 4.57. The molecule has 0 spiro atoms. The van der Waals surface area contributed by atoms with E-state index in [-0.39, 0.29) is 13.4 Å². The van der Waals surface area contributed by atoms with Crippen LogP contribution in [0, 0.1) is 76.2 Å². The summed E-state index contributed by atoms with van der Waals surface area (Å²) in [5.74, 6) is 0. The SMILES string of the molecule is Cc1cc2c3c(c1)B(c1c(C)c(C)c(C)c(C)c1C)c1cc(-c4ccc(-c5cccc6c5oc5ccccc56)cc4)ccc1N3c1ccc(-c3ccc(-c4cccc5c4oc4ccccc45)cc3)cc1B2c1c(C)c(C)c(C)c(C)c1C. The van der Waals surface area contributed by atoms with Crippen LogP contribution in [0.25, 0.3) is 88.4 Å². The number of furan rings is 2. The second-order valence-corrected chi connectivity index (χ2v) is 23.8. The molecular weight excluding hydrogens is 992 g/mol. The Balaban J connectivity index is 0.932. The number of benzene rings is 11. The molecule has 0 N–H and O–H groups in total. The van der Waals surface area contributed by atoms with Crippen molar-refractivity contribution in [2.45, 2.75) is 76.2 Å². The number of anilines is 3. The van der Waals surface area contributed by atoms with Crippen LogP contribution in [0.3, 0.4) is 0 Å². The maximum absolute atomic E-state index is 6.53. The number of nitrogens with zero attached hydrogens (tertiary/aromatic N) is 1. The van der Waals surface area contributed by atoms with Gasteiger partial charge in [0.1, 0.15) is 22.3 Å². The lowest BCUT2D eigenvalue weighted by atomic mass is 9.29. The van der Waals surface area contributed by atoms with Crippen molar-refractivity contribution in [3.8, 4) is 44.5 Å². The lowest BCUT2D eigenvalue weighted by molar-refractivity contribution is 0.669. The van der Waals surface area contributed by atoms with E-state index >= 15 is 0 Å². The molecule has 0 unspecified atom stereocenters. The molecule has 15 rings (SSSR count). The van der Waals surface area contributed by atoms with Gasteiger partial charge in [-0.05, 0) is 189 Å². The molecule has 4 heterocycles. The Bertz CT molecular complexity index is 4520. The van der Waals surface area contributed by atoms with Crippen LogP contribution in [0.4, 0.5) is 17.1 Å². The Kier molecular flexibility index (Phi) is 11.3. The molecule has 2 aliphatic heterocycles. The predicted octanol–water partition coefficient (Wildman–Crippen LogP) is 16.7. The Morgan fingerprint density at radius 1 is 0.293 bits per heavy atom. The van der Waals surface area contributed by atoms with Gasteiger partial charge in [0.15, 0.2) is 0 Å². The summed E-state index contributed by atoms with van der Waals surface area (Å²) in [5.41, 5.74) is 40.0. The highest BCUT2D eigenvalue weighted by molar-refractivity contribution is 7.02. The fraction of sp³-hybridized carbons (Fsp3) is 0.143. The van der Waals surface area contributed by atoms with Gasteiger partial charge in [0, 0.05) is 49.7 Å². The van der Waals surface area contributed by atoms with Gasteiger partial charge < -0.3 is 13.7 Å².